The zero-order valence-corrected chi connectivity index (χ0v) is 7.87. The van der Waals surface area contributed by atoms with E-state index in [2.05, 4.69) is 4.74 Å². The molecule has 0 unspecified atom stereocenters. The highest BCUT2D eigenvalue weighted by molar-refractivity contribution is 5.92. The average Bonchev–Trinajstić information content (AvgIpc) is 2.21. The van der Waals surface area contributed by atoms with Crippen LogP contribution in [0.3, 0.4) is 0 Å². The van der Waals surface area contributed by atoms with E-state index in [1.54, 1.807) is 6.92 Å². The molecule has 0 heterocycles. The van der Waals surface area contributed by atoms with Gasteiger partial charge in [0.25, 0.3) is 0 Å². The molecule has 0 amide bonds. The number of methoxy groups -OCH3 is 1. The molecule has 72 valence electrons. The maximum absolute atomic E-state index is 11.2. The number of nitrogens with zero attached hydrogens (tertiary/aromatic N) is 1. The van der Waals surface area contributed by atoms with E-state index in [4.69, 9.17) is 5.26 Å². The molecule has 0 aromatic heterocycles. The number of phenolic OH excluding ortho intramolecular Hbond substituents is 1. The Morgan fingerprint density at radius 1 is 1.57 bits per heavy atom. The molecule has 1 aromatic carbocycles. The van der Waals surface area contributed by atoms with Crippen molar-refractivity contribution >= 4 is 5.97 Å². The van der Waals surface area contributed by atoms with E-state index in [1.165, 1.54) is 19.2 Å². The predicted octanol–water partition coefficient (Wildman–Crippen LogP) is 1.36. The van der Waals surface area contributed by atoms with Crippen molar-refractivity contribution in [1.29, 1.82) is 5.26 Å². The van der Waals surface area contributed by atoms with Gasteiger partial charge in [-0.25, -0.2) is 4.79 Å². The summed E-state index contributed by atoms with van der Waals surface area (Å²) in [4.78, 5) is 11.2. The number of benzene rings is 1. The quantitative estimate of drug-likeness (QED) is 0.680. The Bertz CT molecular complexity index is 418. The monoisotopic (exact) mass is 191 g/mol. The number of esters is 1. The minimum absolute atomic E-state index is 0.148. The molecule has 0 bridgehead atoms. The number of phenols is 1. The molecule has 0 radical (unpaired) electrons. The van der Waals surface area contributed by atoms with E-state index in [-0.39, 0.29) is 16.9 Å². The molecule has 1 N–H and O–H groups in total. The first-order chi connectivity index (χ1) is 6.61. The maximum Gasteiger partial charge on any atom is 0.338 e. The lowest BCUT2D eigenvalue weighted by Gasteiger charge is -2.06. The summed E-state index contributed by atoms with van der Waals surface area (Å²) in [6.45, 7) is 1.56. The van der Waals surface area contributed by atoms with Gasteiger partial charge in [-0.1, -0.05) is 0 Å². The van der Waals surface area contributed by atoms with Crippen LogP contribution in [0.5, 0.6) is 5.75 Å². The average molecular weight is 191 g/mol. The largest absolute Gasteiger partial charge is 0.506 e. The van der Waals surface area contributed by atoms with E-state index in [9.17, 15) is 9.90 Å². The lowest BCUT2D eigenvalue weighted by molar-refractivity contribution is 0.0599. The highest BCUT2D eigenvalue weighted by Crippen LogP contribution is 2.24. The molecule has 1 aromatic rings. The minimum atomic E-state index is -0.526. The number of carbonyl (C=O) groups is 1. The van der Waals surface area contributed by atoms with Gasteiger partial charge in [0.1, 0.15) is 11.8 Å². The third-order valence-electron chi connectivity index (χ3n) is 1.96. The zero-order valence-electron chi connectivity index (χ0n) is 7.87. The lowest BCUT2D eigenvalue weighted by atomic mass is 10.0. The van der Waals surface area contributed by atoms with Crippen LogP contribution in [0.4, 0.5) is 0 Å². The number of hydrogen-bond donors (Lipinski definition) is 1. The van der Waals surface area contributed by atoms with Crippen LogP contribution in [0.25, 0.3) is 0 Å². The molecule has 0 atom stereocenters. The molecule has 1 rings (SSSR count). The second-order valence-corrected chi connectivity index (χ2v) is 2.74. The van der Waals surface area contributed by atoms with Crippen molar-refractivity contribution in [1.82, 2.24) is 0 Å². The minimum Gasteiger partial charge on any atom is -0.506 e. The van der Waals surface area contributed by atoms with Crippen LogP contribution in [0.15, 0.2) is 12.1 Å². The van der Waals surface area contributed by atoms with E-state index in [1.807, 2.05) is 6.07 Å². The van der Waals surface area contributed by atoms with Gasteiger partial charge < -0.3 is 9.84 Å². The van der Waals surface area contributed by atoms with Crippen molar-refractivity contribution in [2.45, 2.75) is 6.92 Å². The van der Waals surface area contributed by atoms with Gasteiger partial charge in [0.2, 0.25) is 0 Å². The zero-order chi connectivity index (χ0) is 10.7. The van der Waals surface area contributed by atoms with Crippen molar-refractivity contribution < 1.29 is 14.6 Å². The highest BCUT2D eigenvalue weighted by Gasteiger charge is 2.14. The second kappa shape index (κ2) is 3.79. The Balaban J connectivity index is 3.33. The van der Waals surface area contributed by atoms with E-state index in [0.717, 1.165) is 0 Å². The van der Waals surface area contributed by atoms with E-state index < -0.39 is 5.97 Å². The molecule has 0 fully saturated rings. The van der Waals surface area contributed by atoms with Crippen LogP contribution >= 0.6 is 0 Å². The Hall–Kier alpha value is -2.02. The molecule has 4 nitrogen and oxygen atoms in total. The molecule has 0 aliphatic rings. The van der Waals surface area contributed by atoms with E-state index in [0.29, 0.717) is 5.56 Å². The Labute approximate surface area is 81.4 Å². The fourth-order valence-electron chi connectivity index (χ4n) is 1.12. The van der Waals surface area contributed by atoms with Gasteiger partial charge in [-0.05, 0) is 19.1 Å². The third kappa shape index (κ3) is 1.52. The summed E-state index contributed by atoms with van der Waals surface area (Å²) in [7, 11) is 1.26. The molecule has 14 heavy (non-hydrogen) atoms. The number of carbonyl (C=O) groups excluding carboxylic acids is 1. The lowest BCUT2D eigenvalue weighted by Crippen LogP contribution is -2.04. The van der Waals surface area contributed by atoms with Gasteiger partial charge in [0, 0.05) is 5.56 Å². The standard InChI is InChI=1S/C10H9NO3/c1-6-8(10(13)14-2)4-3-7(5-11)9(6)12/h3-4,12H,1-2H3. The molecule has 0 spiro atoms. The smallest absolute Gasteiger partial charge is 0.338 e. The van der Waals surface area contributed by atoms with Crippen LogP contribution in [-0.4, -0.2) is 18.2 Å². The van der Waals surface area contributed by atoms with Gasteiger partial charge >= 0.3 is 5.97 Å². The first kappa shape index (κ1) is 10.1. The van der Waals surface area contributed by atoms with Crippen LogP contribution in [0, 0.1) is 18.3 Å². The van der Waals surface area contributed by atoms with Gasteiger partial charge in [-0.15, -0.1) is 0 Å². The molecular weight excluding hydrogens is 182 g/mol. The summed E-state index contributed by atoms with van der Waals surface area (Å²) >= 11 is 0. The molecule has 0 saturated heterocycles. The molecule has 0 saturated carbocycles. The number of ether oxygens (including phenoxy) is 1. The van der Waals surface area contributed by atoms with Gasteiger partial charge in [0.15, 0.2) is 0 Å². The first-order valence-electron chi connectivity index (χ1n) is 3.92. The Kier molecular flexibility index (Phi) is 2.73. The van der Waals surface area contributed by atoms with Crippen LogP contribution in [0.1, 0.15) is 21.5 Å². The summed E-state index contributed by atoms with van der Waals surface area (Å²) in [5.41, 5.74) is 0.773. The van der Waals surface area contributed by atoms with Gasteiger partial charge in [-0.2, -0.15) is 5.26 Å². The van der Waals surface area contributed by atoms with Crippen molar-refractivity contribution in [3.8, 4) is 11.8 Å². The Morgan fingerprint density at radius 2 is 2.21 bits per heavy atom. The SMILES string of the molecule is COC(=O)c1ccc(C#N)c(O)c1C. The molecule has 0 aliphatic carbocycles. The van der Waals surface area contributed by atoms with Crippen molar-refractivity contribution in [3.05, 3.63) is 28.8 Å². The second-order valence-electron chi connectivity index (χ2n) is 2.74. The summed E-state index contributed by atoms with van der Waals surface area (Å²) in [6.07, 6.45) is 0. The predicted molar refractivity (Wildman–Crippen MR) is 48.9 cm³/mol. The molecular formula is C10H9NO3. The molecule has 0 aliphatic heterocycles. The van der Waals surface area contributed by atoms with Gasteiger partial charge in [0.05, 0.1) is 18.2 Å². The number of aromatic hydroxyl groups is 1. The fourth-order valence-corrected chi connectivity index (χ4v) is 1.12. The van der Waals surface area contributed by atoms with Crippen molar-refractivity contribution in [2.75, 3.05) is 7.11 Å². The van der Waals surface area contributed by atoms with Crippen LogP contribution < -0.4 is 0 Å². The van der Waals surface area contributed by atoms with Crippen molar-refractivity contribution in [3.63, 3.8) is 0 Å². The van der Waals surface area contributed by atoms with Crippen LogP contribution in [0.2, 0.25) is 0 Å². The third-order valence-corrected chi connectivity index (χ3v) is 1.96. The summed E-state index contributed by atoms with van der Waals surface area (Å²) in [5, 5.41) is 18.1. The summed E-state index contributed by atoms with van der Waals surface area (Å²) < 4.78 is 4.51. The summed E-state index contributed by atoms with van der Waals surface area (Å²) in [6, 6.07) is 4.66. The van der Waals surface area contributed by atoms with E-state index >= 15 is 0 Å². The summed E-state index contributed by atoms with van der Waals surface area (Å²) in [5.74, 6) is -0.697. The Morgan fingerprint density at radius 3 is 2.71 bits per heavy atom. The number of hydrogen-bond acceptors (Lipinski definition) is 4. The van der Waals surface area contributed by atoms with Crippen molar-refractivity contribution in [2.24, 2.45) is 0 Å². The number of nitriles is 1. The van der Waals surface area contributed by atoms with Gasteiger partial charge in [-0.3, -0.25) is 0 Å². The fraction of sp³-hybridized carbons (Fsp3) is 0.200. The normalized spacial score (nSPS) is 9.21. The first-order valence-corrected chi connectivity index (χ1v) is 3.92. The topological polar surface area (TPSA) is 70.3 Å². The highest BCUT2D eigenvalue weighted by atomic mass is 16.5. The maximum atomic E-state index is 11.2. The van der Waals surface area contributed by atoms with Crippen LogP contribution in [-0.2, 0) is 4.74 Å². The molecule has 4 heteroatoms. The number of rotatable bonds is 1.